The Labute approximate surface area is 241 Å². The fraction of sp³-hybridized carbons (Fsp3) is 0.276. The van der Waals surface area contributed by atoms with E-state index < -0.39 is 5.91 Å². The number of carbonyl (C=O) groups is 4. The average Bonchev–Trinajstić information content (AvgIpc) is 3.60. The summed E-state index contributed by atoms with van der Waals surface area (Å²) in [7, 11) is 1.69. The summed E-state index contributed by atoms with van der Waals surface area (Å²) in [6.45, 7) is 4.50. The standard InChI is InChI=1S/C29H31N7O4S/c1-19(37)34-14-16-35(17-15-34)26-11-10-24(41-26)27(39)32-29-31-22-18-21(8-9-23(22)36(29)13-12-25(30)38)33(2)28(40)20-6-4-3-5-7-20/h3-11,18H,12-17H2,1-2H3,(H2,30,38)(H,31,32,39). The molecule has 0 spiro atoms. The van der Waals surface area contributed by atoms with Crippen molar-refractivity contribution in [2.75, 3.05) is 48.3 Å². The van der Waals surface area contributed by atoms with Crippen molar-refractivity contribution < 1.29 is 19.2 Å². The van der Waals surface area contributed by atoms with Crippen LogP contribution in [0.15, 0.2) is 60.7 Å². The lowest BCUT2D eigenvalue weighted by Crippen LogP contribution is -2.47. The fourth-order valence-electron chi connectivity index (χ4n) is 4.79. The van der Waals surface area contributed by atoms with Gasteiger partial charge in [-0.3, -0.25) is 24.5 Å². The zero-order valence-electron chi connectivity index (χ0n) is 22.9. The number of thiophene rings is 1. The second-order valence-corrected chi connectivity index (χ2v) is 10.9. The van der Waals surface area contributed by atoms with Gasteiger partial charge in [-0.05, 0) is 42.5 Å². The van der Waals surface area contributed by atoms with E-state index in [9.17, 15) is 19.2 Å². The maximum atomic E-state index is 13.3. The van der Waals surface area contributed by atoms with Crippen molar-refractivity contribution in [3.8, 4) is 0 Å². The van der Waals surface area contributed by atoms with Crippen LogP contribution >= 0.6 is 11.3 Å². The van der Waals surface area contributed by atoms with E-state index in [1.54, 1.807) is 53.8 Å². The van der Waals surface area contributed by atoms with Gasteiger partial charge < -0.3 is 25.0 Å². The van der Waals surface area contributed by atoms with Crippen LogP contribution in [-0.2, 0) is 16.1 Å². The highest BCUT2D eigenvalue weighted by Crippen LogP contribution is 2.29. The van der Waals surface area contributed by atoms with E-state index in [0.29, 0.717) is 53.3 Å². The topological polar surface area (TPSA) is 134 Å². The summed E-state index contributed by atoms with van der Waals surface area (Å²) >= 11 is 1.37. The summed E-state index contributed by atoms with van der Waals surface area (Å²) in [5.74, 6) is -0.609. The molecular formula is C29H31N7O4S. The molecule has 0 bridgehead atoms. The first-order valence-corrected chi connectivity index (χ1v) is 14.1. The van der Waals surface area contributed by atoms with E-state index in [2.05, 4.69) is 15.2 Å². The van der Waals surface area contributed by atoms with E-state index >= 15 is 0 Å². The average molecular weight is 574 g/mol. The molecule has 11 nitrogen and oxygen atoms in total. The predicted octanol–water partition coefficient (Wildman–Crippen LogP) is 3.17. The molecule has 1 saturated heterocycles. The lowest BCUT2D eigenvalue weighted by Gasteiger charge is -2.34. The molecule has 212 valence electrons. The second kappa shape index (κ2) is 11.8. The van der Waals surface area contributed by atoms with Crippen LogP contribution in [0.25, 0.3) is 11.0 Å². The van der Waals surface area contributed by atoms with E-state index in [1.165, 1.54) is 11.3 Å². The zero-order chi connectivity index (χ0) is 29.1. The summed E-state index contributed by atoms with van der Waals surface area (Å²) in [6, 6.07) is 18.0. The normalized spacial score (nSPS) is 13.3. The largest absolute Gasteiger partial charge is 0.370 e. The number of fused-ring (bicyclic) bond motifs is 1. The molecule has 2 aromatic heterocycles. The van der Waals surface area contributed by atoms with Crippen LogP contribution in [0.4, 0.5) is 16.6 Å². The van der Waals surface area contributed by atoms with Crippen molar-refractivity contribution in [1.29, 1.82) is 0 Å². The molecule has 1 fully saturated rings. The van der Waals surface area contributed by atoms with E-state index in [-0.39, 0.29) is 36.6 Å². The number of anilines is 3. The molecule has 4 aromatic rings. The number of carbonyl (C=O) groups excluding carboxylic acids is 4. The first-order valence-electron chi connectivity index (χ1n) is 13.2. The van der Waals surface area contributed by atoms with Gasteiger partial charge in [-0.2, -0.15) is 0 Å². The molecule has 5 rings (SSSR count). The number of hydrogen-bond donors (Lipinski definition) is 2. The molecule has 4 amide bonds. The van der Waals surface area contributed by atoms with Crippen LogP contribution in [0.1, 0.15) is 33.4 Å². The molecular weight excluding hydrogens is 542 g/mol. The maximum Gasteiger partial charge on any atom is 0.268 e. The number of piperazine rings is 1. The smallest absolute Gasteiger partial charge is 0.268 e. The summed E-state index contributed by atoms with van der Waals surface area (Å²) < 4.78 is 1.75. The van der Waals surface area contributed by atoms with Gasteiger partial charge in [0.2, 0.25) is 17.8 Å². The van der Waals surface area contributed by atoms with Crippen LogP contribution < -0.4 is 20.9 Å². The summed E-state index contributed by atoms with van der Waals surface area (Å²) in [4.78, 5) is 60.1. The quantitative estimate of drug-likeness (QED) is 0.333. The Kier molecular flexibility index (Phi) is 8.02. The van der Waals surface area contributed by atoms with Crippen molar-refractivity contribution in [2.45, 2.75) is 19.9 Å². The van der Waals surface area contributed by atoms with Crippen molar-refractivity contribution >= 4 is 62.6 Å². The van der Waals surface area contributed by atoms with Gasteiger partial charge in [0.05, 0.1) is 20.9 Å². The summed E-state index contributed by atoms with van der Waals surface area (Å²) in [6.07, 6.45) is 0.0673. The Balaban J connectivity index is 1.37. The highest BCUT2D eigenvalue weighted by molar-refractivity contribution is 7.18. The van der Waals surface area contributed by atoms with Crippen molar-refractivity contribution in [3.05, 3.63) is 71.1 Å². The van der Waals surface area contributed by atoms with Crippen LogP contribution in [0.3, 0.4) is 0 Å². The van der Waals surface area contributed by atoms with Gasteiger partial charge in [0.25, 0.3) is 11.8 Å². The van der Waals surface area contributed by atoms with Gasteiger partial charge in [-0.1, -0.05) is 18.2 Å². The van der Waals surface area contributed by atoms with Gasteiger partial charge in [0, 0.05) is 64.4 Å². The maximum absolute atomic E-state index is 13.3. The molecule has 3 N–H and O–H groups in total. The molecule has 0 radical (unpaired) electrons. The number of rotatable bonds is 8. The zero-order valence-corrected chi connectivity index (χ0v) is 23.7. The Bertz CT molecular complexity index is 1610. The van der Waals surface area contributed by atoms with E-state index in [4.69, 9.17) is 5.73 Å². The number of amides is 4. The van der Waals surface area contributed by atoms with Crippen LogP contribution in [-0.4, -0.2) is 71.3 Å². The highest BCUT2D eigenvalue weighted by atomic mass is 32.1. The first-order chi connectivity index (χ1) is 19.7. The number of nitrogens with two attached hydrogens (primary N) is 1. The minimum atomic E-state index is -0.471. The number of nitrogens with zero attached hydrogens (tertiary/aromatic N) is 5. The number of imidazole rings is 1. The number of primary amides is 1. The van der Waals surface area contributed by atoms with Gasteiger partial charge in [0.1, 0.15) is 0 Å². The SMILES string of the molecule is CC(=O)N1CCN(c2ccc(C(=O)Nc3nc4cc(N(C)C(=O)c5ccccc5)ccc4n3CCC(N)=O)s2)CC1. The molecule has 1 aliphatic rings. The molecule has 0 saturated carbocycles. The Morgan fingerprint density at radius 1 is 1.00 bits per heavy atom. The van der Waals surface area contributed by atoms with Crippen molar-refractivity contribution in [3.63, 3.8) is 0 Å². The number of aryl methyl sites for hydroxylation is 1. The van der Waals surface area contributed by atoms with Crippen LogP contribution in [0.2, 0.25) is 0 Å². The van der Waals surface area contributed by atoms with Crippen molar-refractivity contribution in [2.24, 2.45) is 5.73 Å². The van der Waals surface area contributed by atoms with Crippen molar-refractivity contribution in [1.82, 2.24) is 14.5 Å². The van der Waals surface area contributed by atoms with Gasteiger partial charge >= 0.3 is 0 Å². The molecule has 12 heteroatoms. The Hall–Kier alpha value is -4.71. The highest BCUT2D eigenvalue weighted by Gasteiger charge is 2.22. The Morgan fingerprint density at radius 3 is 2.41 bits per heavy atom. The van der Waals surface area contributed by atoms with Gasteiger partial charge in [-0.25, -0.2) is 4.98 Å². The lowest BCUT2D eigenvalue weighted by atomic mass is 10.2. The fourth-order valence-corrected chi connectivity index (χ4v) is 5.74. The molecule has 2 aromatic carbocycles. The monoisotopic (exact) mass is 573 g/mol. The van der Waals surface area contributed by atoms with Crippen LogP contribution in [0.5, 0.6) is 0 Å². The minimum Gasteiger partial charge on any atom is -0.370 e. The summed E-state index contributed by atoms with van der Waals surface area (Å²) in [5.41, 5.74) is 7.87. The molecule has 0 atom stereocenters. The van der Waals surface area contributed by atoms with Gasteiger partial charge in [-0.15, -0.1) is 11.3 Å². The second-order valence-electron chi connectivity index (χ2n) is 9.79. The number of benzene rings is 2. The molecule has 1 aliphatic heterocycles. The molecule has 41 heavy (non-hydrogen) atoms. The van der Waals surface area contributed by atoms with Crippen LogP contribution in [0, 0.1) is 0 Å². The third-order valence-corrected chi connectivity index (χ3v) is 8.25. The predicted molar refractivity (Wildman–Crippen MR) is 159 cm³/mol. The molecule has 3 heterocycles. The van der Waals surface area contributed by atoms with Gasteiger partial charge in [0.15, 0.2) is 0 Å². The molecule has 0 aliphatic carbocycles. The lowest BCUT2D eigenvalue weighted by molar-refractivity contribution is -0.129. The Morgan fingerprint density at radius 2 is 1.73 bits per heavy atom. The number of nitrogens with one attached hydrogen (secondary N) is 1. The minimum absolute atomic E-state index is 0.0664. The van der Waals surface area contributed by atoms with E-state index in [1.807, 2.05) is 35.2 Å². The first kappa shape index (κ1) is 27.8. The third kappa shape index (κ3) is 6.07. The van der Waals surface area contributed by atoms with E-state index in [0.717, 1.165) is 5.00 Å². The molecule has 0 unspecified atom stereocenters. The third-order valence-electron chi connectivity index (χ3n) is 7.10. The number of hydrogen-bond acceptors (Lipinski definition) is 7. The summed E-state index contributed by atoms with van der Waals surface area (Å²) in [5, 5.41) is 3.85. The number of aromatic nitrogens is 2.